The van der Waals surface area contributed by atoms with Crippen LogP contribution in [-0.4, -0.2) is 27.5 Å². The van der Waals surface area contributed by atoms with Gasteiger partial charge >= 0.3 is 0 Å². The number of sulfonamides is 1. The van der Waals surface area contributed by atoms with E-state index in [1.165, 1.54) is 37.0 Å². The summed E-state index contributed by atoms with van der Waals surface area (Å²) in [6.07, 6.45) is 3.61. The van der Waals surface area contributed by atoms with Crippen LogP contribution in [0.25, 0.3) is 0 Å². The first-order chi connectivity index (χ1) is 13.4. The smallest absolute Gasteiger partial charge is 0.238 e. The van der Waals surface area contributed by atoms with E-state index < -0.39 is 10.0 Å². The Labute approximate surface area is 190 Å². The molecule has 1 fully saturated rings. The number of nitrogens with one attached hydrogen (secondary N) is 2. The Kier molecular flexibility index (Phi) is 8.47. The van der Waals surface area contributed by atoms with Gasteiger partial charge in [-0.3, -0.25) is 0 Å². The molecule has 0 aromatic heterocycles. The molecule has 0 saturated heterocycles. The standard InChI is InChI=1S/C21H28N4O2S.HI/c1-2-23-20(24-15-17-9-11-19(12-10-17)28(22,26)27)25-16-21(13-6-14-21)18-7-4-3-5-8-18;/h3-5,7-12H,2,6,13-16H2,1H3,(H2,22,26,27)(H2,23,24,25);1H. The number of halogens is 1. The maximum Gasteiger partial charge on any atom is 0.238 e. The number of primary sulfonamides is 1. The van der Waals surface area contributed by atoms with Crippen molar-refractivity contribution >= 4 is 40.0 Å². The minimum absolute atomic E-state index is 0. The third-order valence-electron chi connectivity index (χ3n) is 5.31. The highest BCUT2D eigenvalue weighted by Crippen LogP contribution is 2.43. The highest BCUT2D eigenvalue weighted by Gasteiger charge is 2.38. The summed E-state index contributed by atoms with van der Waals surface area (Å²) in [4.78, 5) is 4.76. The lowest BCUT2D eigenvalue weighted by Gasteiger charge is -2.43. The summed E-state index contributed by atoms with van der Waals surface area (Å²) < 4.78 is 22.7. The molecule has 0 amide bonds. The van der Waals surface area contributed by atoms with E-state index in [0.717, 1.165) is 24.6 Å². The topological polar surface area (TPSA) is 96.6 Å². The van der Waals surface area contributed by atoms with E-state index >= 15 is 0 Å². The van der Waals surface area contributed by atoms with Gasteiger partial charge in [-0.1, -0.05) is 48.9 Å². The zero-order chi connectivity index (χ0) is 20.0. The van der Waals surface area contributed by atoms with E-state index in [0.29, 0.717) is 6.54 Å². The average molecular weight is 528 g/mol. The van der Waals surface area contributed by atoms with Gasteiger partial charge in [-0.25, -0.2) is 18.5 Å². The number of aliphatic imine (C=N–C) groups is 1. The molecule has 0 spiro atoms. The van der Waals surface area contributed by atoms with Crippen molar-refractivity contribution in [2.24, 2.45) is 10.1 Å². The summed E-state index contributed by atoms with van der Waals surface area (Å²) in [7, 11) is -3.67. The Balaban J connectivity index is 0.00000300. The number of hydrogen-bond acceptors (Lipinski definition) is 3. The molecule has 8 heteroatoms. The Morgan fingerprint density at radius 1 is 1.07 bits per heavy atom. The summed E-state index contributed by atoms with van der Waals surface area (Å²) in [6.45, 7) is 4.11. The van der Waals surface area contributed by atoms with Crippen molar-refractivity contribution in [1.29, 1.82) is 0 Å². The van der Waals surface area contributed by atoms with E-state index in [1.54, 1.807) is 12.1 Å². The van der Waals surface area contributed by atoms with Crippen LogP contribution in [0.1, 0.15) is 37.3 Å². The predicted molar refractivity (Wildman–Crippen MR) is 128 cm³/mol. The molecule has 2 aromatic rings. The second-order valence-corrected chi connectivity index (χ2v) is 8.80. The quantitative estimate of drug-likeness (QED) is 0.292. The van der Waals surface area contributed by atoms with Gasteiger partial charge in [-0.15, -0.1) is 24.0 Å². The van der Waals surface area contributed by atoms with Crippen LogP contribution in [0, 0.1) is 0 Å². The third-order valence-corrected chi connectivity index (χ3v) is 6.24. The van der Waals surface area contributed by atoms with Gasteiger partial charge < -0.3 is 10.6 Å². The molecule has 1 aliphatic carbocycles. The van der Waals surface area contributed by atoms with Crippen molar-refractivity contribution in [2.75, 3.05) is 13.1 Å². The van der Waals surface area contributed by atoms with E-state index in [9.17, 15) is 8.42 Å². The zero-order valence-electron chi connectivity index (χ0n) is 16.6. The van der Waals surface area contributed by atoms with Crippen LogP contribution in [0.5, 0.6) is 0 Å². The lowest BCUT2D eigenvalue weighted by molar-refractivity contribution is 0.244. The molecule has 1 aliphatic rings. The zero-order valence-corrected chi connectivity index (χ0v) is 19.7. The van der Waals surface area contributed by atoms with Crippen molar-refractivity contribution in [3.63, 3.8) is 0 Å². The molecule has 2 aromatic carbocycles. The predicted octanol–water partition coefficient (Wildman–Crippen LogP) is 3.13. The molecule has 0 heterocycles. The van der Waals surface area contributed by atoms with Gasteiger partial charge in [-0.2, -0.15) is 0 Å². The Hall–Kier alpha value is -1.65. The fourth-order valence-corrected chi connectivity index (χ4v) is 4.03. The Bertz CT molecular complexity index is 911. The first-order valence-electron chi connectivity index (χ1n) is 9.62. The van der Waals surface area contributed by atoms with Gasteiger partial charge in [0.15, 0.2) is 5.96 Å². The average Bonchev–Trinajstić information content (AvgIpc) is 2.65. The van der Waals surface area contributed by atoms with E-state index in [4.69, 9.17) is 5.14 Å². The van der Waals surface area contributed by atoms with Crippen molar-refractivity contribution < 1.29 is 8.42 Å². The normalized spacial score (nSPS) is 15.7. The van der Waals surface area contributed by atoms with Gasteiger partial charge in [-0.05, 0) is 43.0 Å². The fourth-order valence-electron chi connectivity index (χ4n) is 3.51. The van der Waals surface area contributed by atoms with E-state index in [-0.39, 0.29) is 34.3 Å². The molecule has 6 nitrogen and oxygen atoms in total. The summed E-state index contributed by atoms with van der Waals surface area (Å²) in [5.74, 6) is 0.764. The van der Waals surface area contributed by atoms with E-state index in [1.807, 2.05) is 6.92 Å². The van der Waals surface area contributed by atoms with Crippen molar-refractivity contribution in [3.05, 3.63) is 65.7 Å². The Morgan fingerprint density at radius 2 is 1.72 bits per heavy atom. The first kappa shape index (κ1) is 23.6. The summed E-state index contributed by atoms with van der Waals surface area (Å²) in [5, 5.41) is 11.9. The minimum Gasteiger partial charge on any atom is -0.357 e. The molecule has 158 valence electrons. The number of guanidine groups is 1. The van der Waals surface area contributed by atoms with Crippen LogP contribution in [0.2, 0.25) is 0 Å². The fraction of sp³-hybridized carbons (Fsp3) is 0.381. The van der Waals surface area contributed by atoms with Gasteiger partial charge in [0, 0.05) is 18.5 Å². The number of hydrogen-bond donors (Lipinski definition) is 3. The molecule has 1 saturated carbocycles. The molecule has 0 radical (unpaired) electrons. The summed E-state index contributed by atoms with van der Waals surface area (Å²) in [6, 6.07) is 17.2. The minimum atomic E-state index is -3.67. The molecule has 0 aliphatic heterocycles. The second-order valence-electron chi connectivity index (χ2n) is 7.24. The highest BCUT2D eigenvalue weighted by molar-refractivity contribution is 14.0. The highest BCUT2D eigenvalue weighted by atomic mass is 127. The van der Waals surface area contributed by atoms with Crippen LogP contribution in [-0.2, 0) is 22.0 Å². The first-order valence-corrected chi connectivity index (χ1v) is 11.2. The molecule has 4 N–H and O–H groups in total. The van der Waals surface area contributed by atoms with Crippen LogP contribution in [0.3, 0.4) is 0 Å². The SMILES string of the molecule is CCNC(=NCc1ccc(S(N)(=O)=O)cc1)NCC1(c2ccccc2)CCC1.I. The van der Waals surface area contributed by atoms with Crippen molar-refractivity contribution in [2.45, 2.75) is 43.0 Å². The van der Waals surface area contributed by atoms with Gasteiger partial charge in [0.1, 0.15) is 0 Å². The van der Waals surface area contributed by atoms with Crippen LogP contribution in [0.4, 0.5) is 0 Å². The van der Waals surface area contributed by atoms with Gasteiger partial charge in [0.25, 0.3) is 0 Å². The van der Waals surface area contributed by atoms with E-state index in [2.05, 4.69) is 46.0 Å². The van der Waals surface area contributed by atoms with Crippen LogP contribution < -0.4 is 15.8 Å². The molecular weight excluding hydrogens is 499 g/mol. The third kappa shape index (κ3) is 6.16. The molecule has 29 heavy (non-hydrogen) atoms. The summed E-state index contributed by atoms with van der Waals surface area (Å²) >= 11 is 0. The van der Waals surface area contributed by atoms with Gasteiger partial charge in [0.2, 0.25) is 10.0 Å². The summed E-state index contributed by atoms with van der Waals surface area (Å²) in [5.41, 5.74) is 2.48. The number of rotatable bonds is 7. The maximum atomic E-state index is 11.4. The lowest BCUT2D eigenvalue weighted by Crippen LogP contribution is -2.48. The largest absolute Gasteiger partial charge is 0.357 e. The lowest BCUT2D eigenvalue weighted by atomic mass is 9.64. The van der Waals surface area contributed by atoms with Crippen molar-refractivity contribution in [1.82, 2.24) is 10.6 Å². The molecule has 0 atom stereocenters. The molecular formula is C21H29IN4O2S. The monoisotopic (exact) mass is 528 g/mol. The molecule has 3 rings (SSSR count). The van der Waals surface area contributed by atoms with Crippen LogP contribution >= 0.6 is 24.0 Å². The molecule has 0 bridgehead atoms. The molecule has 0 unspecified atom stereocenters. The van der Waals surface area contributed by atoms with Gasteiger partial charge in [0.05, 0.1) is 11.4 Å². The second kappa shape index (κ2) is 10.4. The number of nitrogens with zero attached hydrogens (tertiary/aromatic N) is 1. The number of benzene rings is 2. The Morgan fingerprint density at radius 3 is 2.24 bits per heavy atom. The maximum absolute atomic E-state index is 11.4. The number of nitrogens with two attached hydrogens (primary N) is 1. The van der Waals surface area contributed by atoms with Crippen molar-refractivity contribution in [3.8, 4) is 0 Å². The van der Waals surface area contributed by atoms with Crippen LogP contribution in [0.15, 0.2) is 64.5 Å².